The van der Waals surface area contributed by atoms with Crippen LogP contribution < -0.4 is 0 Å². The number of esters is 1. The lowest BCUT2D eigenvalue weighted by molar-refractivity contribution is -0.161. The summed E-state index contributed by atoms with van der Waals surface area (Å²) >= 11 is 0. The number of carbonyl (C=O) groups excluding carboxylic acids is 2. The van der Waals surface area contributed by atoms with Crippen LogP contribution in [0.25, 0.3) is 0 Å². The summed E-state index contributed by atoms with van der Waals surface area (Å²) in [6.07, 6.45) is 2.02. The highest BCUT2D eigenvalue weighted by Crippen LogP contribution is 2.23. The predicted molar refractivity (Wildman–Crippen MR) is 96.8 cm³/mol. The number of aliphatic hydroxyl groups is 2. The molecule has 6 unspecified atom stereocenters. The Labute approximate surface area is 150 Å². The highest BCUT2D eigenvalue weighted by Gasteiger charge is 2.32. The molecule has 5 heteroatoms. The minimum atomic E-state index is -1.39. The summed E-state index contributed by atoms with van der Waals surface area (Å²) in [5.41, 5.74) is 1.58. The average molecular weight is 352 g/mol. The van der Waals surface area contributed by atoms with Crippen molar-refractivity contribution in [1.29, 1.82) is 0 Å². The molecule has 0 aromatic rings. The number of hydrogen-bond donors (Lipinski definition) is 2. The van der Waals surface area contributed by atoms with Crippen LogP contribution in [0.3, 0.4) is 0 Å². The molecule has 142 valence electrons. The predicted octanol–water partition coefficient (Wildman–Crippen LogP) is 2.80. The van der Waals surface area contributed by atoms with Crippen molar-refractivity contribution < 1.29 is 24.5 Å². The first-order chi connectivity index (χ1) is 11.6. The molecule has 5 nitrogen and oxygen atoms in total. The fourth-order valence-corrected chi connectivity index (χ4v) is 3.24. The Hall–Kier alpha value is -1.46. The monoisotopic (exact) mass is 352 g/mol. The number of carbonyl (C=O) groups is 2. The van der Waals surface area contributed by atoms with Crippen molar-refractivity contribution >= 4 is 11.8 Å². The number of hydrogen-bond acceptors (Lipinski definition) is 5. The number of aliphatic hydroxyl groups excluding tert-OH is 2. The molecule has 1 aliphatic rings. The second-order valence-corrected chi connectivity index (χ2v) is 7.35. The standard InChI is InChI=1S/C20H32O5/c1-7-17-12(3)10-14(5)18(22)13(4)8-11(2)9-16(21)19(23)15(6)20(24)25-17/h8,10,12-13,15,17-19,22-23H,7,9H2,1-6H3. The fraction of sp³-hybridized carbons (Fsp3) is 0.700. The van der Waals surface area contributed by atoms with Gasteiger partial charge in [0.2, 0.25) is 0 Å². The van der Waals surface area contributed by atoms with Gasteiger partial charge in [0.15, 0.2) is 5.78 Å². The maximum absolute atomic E-state index is 12.3. The first-order valence-corrected chi connectivity index (χ1v) is 9.03. The van der Waals surface area contributed by atoms with Crippen LogP contribution in [-0.4, -0.2) is 40.3 Å². The van der Waals surface area contributed by atoms with Crippen LogP contribution in [0.1, 0.15) is 54.4 Å². The summed E-state index contributed by atoms with van der Waals surface area (Å²) < 4.78 is 5.53. The Balaban J connectivity index is 3.24. The topological polar surface area (TPSA) is 83.8 Å². The van der Waals surface area contributed by atoms with Gasteiger partial charge in [0, 0.05) is 18.3 Å². The lowest BCUT2D eigenvalue weighted by atomic mass is 9.90. The van der Waals surface area contributed by atoms with Gasteiger partial charge >= 0.3 is 5.97 Å². The van der Waals surface area contributed by atoms with E-state index in [9.17, 15) is 19.8 Å². The van der Waals surface area contributed by atoms with E-state index < -0.39 is 29.9 Å². The molecule has 1 aliphatic heterocycles. The highest BCUT2D eigenvalue weighted by molar-refractivity contribution is 5.89. The van der Waals surface area contributed by atoms with Crippen molar-refractivity contribution in [2.75, 3.05) is 0 Å². The SMILES string of the molecule is CCC1OC(=O)C(C)C(O)C(=O)CC(C)=CC(C)C(O)C(C)=CC1C. The van der Waals surface area contributed by atoms with E-state index >= 15 is 0 Å². The Morgan fingerprint density at radius 3 is 2.20 bits per heavy atom. The maximum Gasteiger partial charge on any atom is 0.312 e. The summed E-state index contributed by atoms with van der Waals surface area (Å²) in [6, 6.07) is 0. The van der Waals surface area contributed by atoms with E-state index in [1.165, 1.54) is 6.92 Å². The van der Waals surface area contributed by atoms with Gasteiger partial charge in [-0.25, -0.2) is 0 Å². The summed E-state index contributed by atoms with van der Waals surface area (Å²) in [5, 5.41) is 20.7. The van der Waals surface area contributed by atoms with Gasteiger partial charge in [-0.1, -0.05) is 38.5 Å². The molecule has 0 fully saturated rings. The molecular formula is C20H32O5. The molecule has 6 atom stereocenters. The molecule has 0 aromatic carbocycles. The van der Waals surface area contributed by atoms with E-state index in [2.05, 4.69) is 0 Å². The van der Waals surface area contributed by atoms with E-state index in [4.69, 9.17) is 4.74 Å². The van der Waals surface area contributed by atoms with E-state index in [-0.39, 0.29) is 24.4 Å². The van der Waals surface area contributed by atoms with Crippen molar-refractivity contribution in [2.45, 2.75) is 72.7 Å². The first kappa shape index (κ1) is 21.6. The lowest BCUT2D eigenvalue weighted by Crippen LogP contribution is -2.37. The molecule has 25 heavy (non-hydrogen) atoms. The van der Waals surface area contributed by atoms with Gasteiger partial charge in [0.05, 0.1) is 12.0 Å². The third kappa shape index (κ3) is 5.79. The minimum absolute atomic E-state index is 0.0478. The second kappa shape index (κ2) is 9.30. The van der Waals surface area contributed by atoms with Crippen LogP contribution in [0.5, 0.6) is 0 Å². The number of allylic oxidation sites excluding steroid dienone is 1. The zero-order valence-electron chi connectivity index (χ0n) is 16.2. The Bertz CT molecular complexity index is 548. The molecule has 0 bridgehead atoms. The van der Waals surface area contributed by atoms with Gasteiger partial charge in [-0.3, -0.25) is 9.59 Å². The summed E-state index contributed by atoms with van der Waals surface area (Å²) in [5.74, 6) is -2.12. The van der Waals surface area contributed by atoms with Gasteiger partial charge in [0.1, 0.15) is 12.2 Å². The van der Waals surface area contributed by atoms with Crippen LogP contribution >= 0.6 is 0 Å². The van der Waals surface area contributed by atoms with Crippen molar-refractivity contribution in [3.05, 3.63) is 23.3 Å². The van der Waals surface area contributed by atoms with Crippen molar-refractivity contribution in [2.24, 2.45) is 17.8 Å². The van der Waals surface area contributed by atoms with E-state index in [0.29, 0.717) is 6.42 Å². The van der Waals surface area contributed by atoms with Crippen LogP contribution in [0.2, 0.25) is 0 Å². The third-order valence-corrected chi connectivity index (χ3v) is 4.92. The highest BCUT2D eigenvalue weighted by atomic mass is 16.5. The number of ether oxygens (including phenoxy) is 1. The van der Waals surface area contributed by atoms with E-state index in [0.717, 1.165) is 11.1 Å². The smallest absolute Gasteiger partial charge is 0.312 e. The lowest BCUT2D eigenvalue weighted by Gasteiger charge is -2.26. The minimum Gasteiger partial charge on any atom is -0.461 e. The largest absolute Gasteiger partial charge is 0.461 e. The van der Waals surface area contributed by atoms with E-state index in [1.54, 1.807) is 6.92 Å². The van der Waals surface area contributed by atoms with Crippen molar-refractivity contribution in [1.82, 2.24) is 0 Å². The molecule has 0 spiro atoms. The Morgan fingerprint density at radius 1 is 1.04 bits per heavy atom. The number of ketones is 1. The van der Waals surface area contributed by atoms with Gasteiger partial charge < -0.3 is 14.9 Å². The zero-order chi connectivity index (χ0) is 19.3. The molecule has 0 amide bonds. The molecule has 0 aliphatic carbocycles. The van der Waals surface area contributed by atoms with Gasteiger partial charge in [-0.15, -0.1) is 0 Å². The first-order valence-electron chi connectivity index (χ1n) is 9.03. The van der Waals surface area contributed by atoms with Crippen LogP contribution in [0.4, 0.5) is 0 Å². The zero-order valence-corrected chi connectivity index (χ0v) is 16.2. The Morgan fingerprint density at radius 2 is 1.64 bits per heavy atom. The van der Waals surface area contributed by atoms with Crippen molar-refractivity contribution in [3.8, 4) is 0 Å². The molecule has 0 saturated carbocycles. The number of rotatable bonds is 1. The van der Waals surface area contributed by atoms with E-state index in [1.807, 2.05) is 39.8 Å². The summed E-state index contributed by atoms with van der Waals surface area (Å²) in [7, 11) is 0. The van der Waals surface area contributed by atoms with Gasteiger partial charge in [0.25, 0.3) is 0 Å². The molecule has 0 aromatic heterocycles. The summed E-state index contributed by atoms with van der Waals surface area (Å²) in [6.45, 7) is 10.9. The number of Topliss-reactive ketones (excluding diaryl/α,β-unsaturated/α-hetero) is 1. The molecular weight excluding hydrogens is 320 g/mol. The molecule has 0 saturated heterocycles. The molecule has 1 heterocycles. The summed E-state index contributed by atoms with van der Waals surface area (Å²) in [4.78, 5) is 24.6. The molecule has 1 rings (SSSR count). The third-order valence-electron chi connectivity index (χ3n) is 4.92. The normalized spacial score (nSPS) is 36.2. The second-order valence-electron chi connectivity index (χ2n) is 7.35. The Kier molecular flexibility index (Phi) is 8.03. The quantitative estimate of drug-likeness (QED) is 0.560. The fourth-order valence-electron chi connectivity index (χ4n) is 3.24. The number of cyclic esters (lactones) is 1. The van der Waals surface area contributed by atoms with Crippen LogP contribution in [0, 0.1) is 17.8 Å². The molecule has 2 N–H and O–H groups in total. The van der Waals surface area contributed by atoms with Crippen molar-refractivity contribution in [3.63, 3.8) is 0 Å². The van der Waals surface area contributed by atoms with Crippen LogP contribution in [0.15, 0.2) is 23.3 Å². The van der Waals surface area contributed by atoms with Gasteiger partial charge in [-0.05, 0) is 32.8 Å². The molecule has 0 radical (unpaired) electrons. The average Bonchev–Trinajstić information content (AvgIpc) is 2.55. The van der Waals surface area contributed by atoms with Gasteiger partial charge in [-0.2, -0.15) is 0 Å². The van der Waals surface area contributed by atoms with Crippen LogP contribution in [-0.2, 0) is 14.3 Å². The maximum atomic E-state index is 12.3.